The van der Waals surface area contributed by atoms with E-state index in [2.05, 4.69) is 5.32 Å². The highest BCUT2D eigenvalue weighted by Gasteiger charge is 2.41. The Hall–Kier alpha value is -3.02. The van der Waals surface area contributed by atoms with E-state index in [4.69, 9.17) is 14.2 Å². The first-order valence-corrected chi connectivity index (χ1v) is 8.65. The van der Waals surface area contributed by atoms with E-state index in [-0.39, 0.29) is 11.5 Å². The zero-order chi connectivity index (χ0) is 19.8. The lowest BCUT2D eigenvalue weighted by Gasteiger charge is -2.32. The van der Waals surface area contributed by atoms with Gasteiger partial charge in [-0.15, -0.1) is 0 Å². The number of nitrogens with one attached hydrogen (secondary N) is 1. The third-order valence-electron chi connectivity index (χ3n) is 4.29. The average Bonchev–Trinajstić information content (AvgIpc) is 2.64. The minimum atomic E-state index is -0.944. The van der Waals surface area contributed by atoms with Gasteiger partial charge >= 0.3 is 11.9 Å². The van der Waals surface area contributed by atoms with Gasteiger partial charge in [-0.05, 0) is 26.2 Å². The highest BCUT2D eigenvalue weighted by atomic mass is 16.5. The normalized spacial score (nSPS) is 16.4. The number of methoxy groups -OCH3 is 2. The molecule has 0 aromatic heterocycles. The molecule has 0 fully saturated rings. The third-order valence-corrected chi connectivity index (χ3v) is 4.29. The number of hydrogen-bond acceptors (Lipinski definition) is 6. The van der Waals surface area contributed by atoms with Crippen molar-refractivity contribution in [1.82, 2.24) is 5.32 Å². The van der Waals surface area contributed by atoms with Crippen LogP contribution in [0.2, 0.25) is 0 Å². The van der Waals surface area contributed by atoms with Crippen LogP contribution >= 0.6 is 0 Å². The predicted molar refractivity (Wildman–Crippen MR) is 101 cm³/mol. The van der Waals surface area contributed by atoms with Gasteiger partial charge in [0.25, 0.3) is 0 Å². The van der Waals surface area contributed by atoms with Crippen LogP contribution in [0.4, 0.5) is 0 Å². The molecule has 3 rings (SSSR count). The van der Waals surface area contributed by atoms with Gasteiger partial charge in [-0.2, -0.15) is 0 Å². The predicted octanol–water partition coefficient (Wildman–Crippen LogP) is 3.26. The van der Waals surface area contributed by atoms with Crippen LogP contribution in [-0.4, -0.2) is 31.7 Å². The highest BCUT2D eigenvalue weighted by Crippen LogP contribution is 2.44. The van der Waals surface area contributed by atoms with Gasteiger partial charge in [-0.1, -0.05) is 36.4 Å². The lowest BCUT2D eigenvalue weighted by molar-refractivity contribution is -0.145. The number of esters is 2. The second-order valence-electron chi connectivity index (χ2n) is 7.37. The fourth-order valence-corrected chi connectivity index (χ4v) is 3.16. The maximum Gasteiger partial charge on any atom is 0.340 e. The van der Waals surface area contributed by atoms with E-state index >= 15 is 0 Å². The summed E-state index contributed by atoms with van der Waals surface area (Å²) in [6.45, 7) is 5.80. The van der Waals surface area contributed by atoms with E-state index in [1.807, 2.05) is 51.1 Å². The smallest absolute Gasteiger partial charge is 0.340 e. The van der Waals surface area contributed by atoms with Crippen molar-refractivity contribution in [1.29, 1.82) is 0 Å². The Morgan fingerprint density at radius 2 is 1.74 bits per heavy atom. The standard InChI is InChI=1S/C21H23NO5/c1-21(2,3)22-18-16(20(24)26-5)15(19(23)25-4)14-11-10-12-8-6-7-9-13(12)17(14)27-18/h6-11,15,22H,1-5H3. The van der Waals surface area contributed by atoms with Crippen molar-refractivity contribution in [2.75, 3.05) is 14.2 Å². The molecule has 2 aromatic carbocycles. The summed E-state index contributed by atoms with van der Waals surface area (Å²) in [6, 6.07) is 11.4. The number of fused-ring (bicyclic) bond motifs is 3. The zero-order valence-corrected chi connectivity index (χ0v) is 16.1. The molecule has 6 heteroatoms. The fourth-order valence-electron chi connectivity index (χ4n) is 3.16. The lowest BCUT2D eigenvalue weighted by atomic mass is 9.86. The van der Waals surface area contributed by atoms with Gasteiger partial charge < -0.3 is 19.5 Å². The third kappa shape index (κ3) is 3.47. The molecular weight excluding hydrogens is 346 g/mol. The molecule has 27 heavy (non-hydrogen) atoms. The maximum absolute atomic E-state index is 12.7. The first-order valence-electron chi connectivity index (χ1n) is 8.65. The maximum atomic E-state index is 12.7. The Morgan fingerprint density at radius 3 is 2.37 bits per heavy atom. The van der Waals surface area contributed by atoms with E-state index in [1.54, 1.807) is 6.07 Å². The molecule has 1 unspecified atom stereocenters. The molecule has 1 N–H and O–H groups in total. The van der Waals surface area contributed by atoms with Crippen molar-refractivity contribution < 1.29 is 23.8 Å². The number of carbonyl (C=O) groups is 2. The topological polar surface area (TPSA) is 73.9 Å². The molecule has 0 radical (unpaired) electrons. The van der Waals surface area contributed by atoms with Crippen molar-refractivity contribution in [2.24, 2.45) is 0 Å². The molecule has 1 heterocycles. The molecule has 2 aromatic rings. The molecule has 0 saturated carbocycles. The summed E-state index contributed by atoms with van der Waals surface area (Å²) < 4.78 is 16.1. The van der Waals surface area contributed by atoms with Gasteiger partial charge in [0.2, 0.25) is 5.88 Å². The van der Waals surface area contributed by atoms with Crippen molar-refractivity contribution in [3.63, 3.8) is 0 Å². The summed E-state index contributed by atoms with van der Waals surface area (Å²) in [5.74, 6) is -1.41. The van der Waals surface area contributed by atoms with Crippen molar-refractivity contribution in [3.8, 4) is 5.75 Å². The summed E-state index contributed by atoms with van der Waals surface area (Å²) in [7, 11) is 2.57. The molecule has 142 valence electrons. The van der Waals surface area contributed by atoms with Crippen LogP contribution < -0.4 is 10.1 Å². The minimum Gasteiger partial charge on any atom is -0.468 e. The highest BCUT2D eigenvalue weighted by molar-refractivity contribution is 6.02. The van der Waals surface area contributed by atoms with E-state index < -0.39 is 23.4 Å². The van der Waals surface area contributed by atoms with Crippen molar-refractivity contribution >= 4 is 22.7 Å². The van der Waals surface area contributed by atoms with Crippen LogP contribution in [0.3, 0.4) is 0 Å². The molecule has 0 amide bonds. The number of rotatable bonds is 3. The minimum absolute atomic E-state index is 0.0991. The number of hydrogen-bond donors (Lipinski definition) is 1. The van der Waals surface area contributed by atoms with Gasteiger partial charge in [0.05, 0.1) is 14.2 Å². The number of carbonyl (C=O) groups excluding carboxylic acids is 2. The molecule has 6 nitrogen and oxygen atoms in total. The van der Waals surface area contributed by atoms with E-state index in [9.17, 15) is 9.59 Å². The van der Waals surface area contributed by atoms with E-state index in [1.165, 1.54) is 14.2 Å². The van der Waals surface area contributed by atoms with Crippen LogP contribution in [-0.2, 0) is 19.1 Å². The van der Waals surface area contributed by atoms with Crippen LogP contribution in [0.25, 0.3) is 10.8 Å². The van der Waals surface area contributed by atoms with Gasteiger partial charge in [0, 0.05) is 16.5 Å². The number of benzene rings is 2. The van der Waals surface area contributed by atoms with Crippen LogP contribution in [0.5, 0.6) is 5.75 Å². The van der Waals surface area contributed by atoms with Crippen LogP contribution in [0.1, 0.15) is 32.3 Å². The average molecular weight is 369 g/mol. The van der Waals surface area contributed by atoms with Crippen molar-refractivity contribution in [2.45, 2.75) is 32.2 Å². The Labute approximate surface area is 158 Å². The molecule has 0 spiro atoms. The SMILES string of the molecule is COC(=O)C1=C(NC(C)(C)C)Oc2c(ccc3ccccc23)C1C(=O)OC. The first-order chi connectivity index (χ1) is 12.8. The van der Waals surface area contributed by atoms with Gasteiger partial charge in [0.1, 0.15) is 17.2 Å². The Kier molecular flexibility index (Phi) is 4.83. The molecule has 1 aliphatic heterocycles. The Balaban J connectivity index is 2.30. The number of ether oxygens (including phenoxy) is 3. The first kappa shape index (κ1) is 18.8. The summed E-state index contributed by atoms with van der Waals surface area (Å²) >= 11 is 0. The molecule has 0 bridgehead atoms. The molecular formula is C21H23NO5. The largest absolute Gasteiger partial charge is 0.468 e. The van der Waals surface area contributed by atoms with E-state index in [0.29, 0.717) is 11.3 Å². The van der Waals surface area contributed by atoms with Gasteiger partial charge in [0.15, 0.2) is 0 Å². The summed E-state index contributed by atoms with van der Waals surface area (Å²) in [5.41, 5.74) is 0.264. The molecule has 0 saturated heterocycles. The van der Waals surface area contributed by atoms with Gasteiger partial charge in [-0.3, -0.25) is 4.79 Å². The summed E-state index contributed by atoms with van der Waals surface area (Å²) in [5, 5.41) is 5.00. The van der Waals surface area contributed by atoms with Crippen molar-refractivity contribution in [3.05, 3.63) is 53.4 Å². The van der Waals surface area contributed by atoms with Crippen LogP contribution in [0.15, 0.2) is 47.9 Å². The Bertz CT molecular complexity index is 939. The summed E-state index contributed by atoms with van der Waals surface area (Å²) in [6.07, 6.45) is 0. The second kappa shape index (κ2) is 6.95. The zero-order valence-electron chi connectivity index (χ0n) is 16.1. The quantitative estimate of drug-likeness (QED) is 0.837. The summed E-state index contributed by atoms with van der Waals surface area (Å²) in [4.78, 5) is 25.2. The van der Waals surface area contributed by atoms with E-state index in [0.717, 1.165) is 10.8 Å². The van der Waals surface area contributed by atoms with Gasteiger partial charge in [-0.25, -0.2) is 4.79 Å². The molecule has 0 aliphatic carbocycles. The fraction of sp³-hybridized carbons (Fsp3) is 0.333. The lowest BCUT2D eigenvalue weighted by Crippen LogP contribution is -2.41. The molecule has 1 aliphatic rings. The monoisotopic (exact) mass is 369 g/mol. The van der Waals surface area contributed by atoms with Crippen LogP contribution in [0, 0.1) is 0 Å². The second-order valence-corrected chi connectivity index (χ2v) is 7.37. The Morgan fingerprint density at radius 1 is 1.04 bits per heavy atom. The molecule has 1 atom stereocenters.